The van der Waals surface area contributed by atoms with Gasteiger partial charge in [-0.2, -0.15) is 0 Å². The van der Waals surface area contributed by atoms with Crippen molar-refractivity contribution in [3.8, 4) is 0 Å². The first-order valence-electron chi connectivity index (χ1n) is 9.35. The summed E-state index contributed by atoms with van der Waals surface area (Å²) in [5, 5.41) is 3.25. The number of morpholine rings is 1. The summed E-state index contributed by atoms with van der Waals surface area (Å²) in [4.78, 5) is 42.1. The minimum atomic E-state index is -0.728. The zero-order chi connectivity index (χ0) is 20.3. The number of ether oxygens (including phenoxy) is 1. The number of carbonyl (C=O) groups is 2. The molecule has 1 aliphatic heterocycles. The van der Waals surface area contributed by atoms with Crippen LogP contribution in [0, 0.1) is 11.7 Å². The van der Waals surface area contributed by atoms with Crippen molar-refractivity contribution in [3.63, 3.8) is 0 Å². The zero-order valence-electron chi connectivity index (χ0n) is 16.0. The Morgan fingerprint density at radius 3 is 2.64 bits per heavy atom. The lowest BCUT2D eigenvalue weighted by atomic mass is 10.0. The molecule has 0 aliphatic carbocycles. The average Bonchev–Trinajstić information content (AvgIpc) is 2.66. The number of amides is 2. The Morgan fingerprint density at radius 2 is 1.96 bits per heavy atom. The minimum Gasteiger partial charge on any atom is -0.378 e. The molecule has 0 spiro atoms. The normalized spacial score (nSPS) is 15.6. The largest absolute Gasteiger partial charge is 0.378 e. The fourth-order valence-corrected chi connectivity index (χ4v) is 3.27. The molecule has 0 saturated carbocycles. The van der Waals surface area contributed by atoms with Crippen molar-refractivity contribution >= 4 is 22.7 Å². The standard InChI is InChI=1S/C20H24FN3O4/c1-12(2)9-17(20(27)24-5-7-28-8-6-24)23-19(26)15-10-13-3-4-14(21)11-16(13)22-18(15)25/h3-4,10-12,17H,5-9H2,1-2H3,(H,22,25)(H,23,26). The molecule has 0 bridgehead atoms. The lowest BCUT2D eigenvalue weighted by Crippen LogP contribution is -2.52. The quantitative estimate of drug-likeness (QED) is 0.814. The monoisotopic (exact) mass is 389 g/mol. The van der Waals surface area contributed by atoms with E-state index in [-0.39, 0.29) is 17.4 Å². The smallest absolute Gasteiger partial charge is 0.261 e. The third-order valence-corrected chi connectivity index (χ3v) is 4.69. The van der Waals surface area contributed by atoms with Crippen LogP contribution in [0.5, 0.6) is 0 Å². The number of pyridine rings is 1. The first-order valence-corrected chi connectivity index (χ1v) is 9.35. The highest BCUT2D eigenvalue weighted by molar-refractivity contribution is 5.99. The van der Waals surface area contributed by atoms with Gasteiger partial charge in [0.05, 0.1) is 18.7 Å². The van der Waals surface area contributed by atoms with Crippen LogP contribution in [0.1, 0.15) is 30.6 Å². The van der Waals surface area contributed by atoms with Crippen LogP contribution in [0.2, 0.25) is 0 Å². The number of H-pyrrole nitrogens is 1. The Kier molecular flexibility index (Phi) is 6.08. The van der Waals surface area contributed by atoms with Gasteiger partial charge in [-0.1, -0.05) is 13.8 Å². The highest BCUT2D eigenvalue weighted by atomic mass is 19.1. The number of aromatic nitrogens is 1. The van der Waals surface area contributed by atoms with E-state index in [0.29, 0.717) is 43.6 Å². The zero-order valence-corrected chi connectivity index (χ0v) is 16.0. The number of aromatic amines is 1. The van der Waals surface area contributed by atoms with Gasteiger partial charge in [0.2, 0.25) is 5.91 Å². The van der Waals surface area contributed by atoms with Gasteiger partial charge in [0.15, 0.2) is 0 Å². The van der Waals surface area contributed by atoms with E-state index in [1.807, 2.05) is 13.8 Å². The minimum absolute atomic E-state index is 0.109. The summed E-state index contributed by atoms with van der Waals surface area (Å²) in [7, 11) is 0. The van der Waals surface area contributed by atoms with Gasteiger partial charge in [-0.15, -0.1) is 0 Å². The average molecular weight is 389 g/mol. The number of hydrogen-bond donors (Lipinski definition) is 2. The number of rotatable bonds is 5. The van der Waals surface area contributed by atoms with Crippen LogP contribution in [0.3, 0.4) is 0 Å². The maximum absolute atomic E-state index is 13.3. The van der Waals surface area contributed by atoms with Crippen molar-refractivity contribution in [2.75, 3.05) is 26.3 Å². The predicted octanol–water partition coefficient (Wildman–Crippen LogP) is 1.67. The van der Waals surface area contributed by atoms with E-state index >= 15 is 0 Å². The molecule has 150 valence electrons. The third kappa shape index (κ3) is 4.56. The lowest BCUT2D eigenvalue weighted by Gasteiger charge is -2.31. The van der Waals surface area contributed by atoms with Crippen LogP contribution in [0.25, 0.3) is 10.9 Å². The third-order valence-electron chi connectivity index (χ3n) is 4.69. The Morgan fingerprint density at radius 1 is 1.25 bits per heavy atom. The molecular formula is C20H24FN3O4. The van der Waals surface area contributed by atoms with E-state index in [9.17, 15) is 18.8 Å². The molecule has 1 aliphatic rings. The summed E-state index contributed by atoms with van der Waals surface area (Å²) < 4.78 is 18.6. The van der Waals surface area contributed by atoms with Gasteiger partial charge in [-0.05, 0) is 42.0 Å². The van der Waals surface area contributed by atoms with Gasteiger partial charge in [0, 0.05) is 13.1 Å². The van der Waals surface area contributed by atoms with E-state index in [4.69, 9.17) is 4.74 Å². The van der Waals surface area contributed by atoms with Crippen molar-refractivity contribution < 1.29 is 18.7 Å². The van der Waals surface area contributed by atoms with Gasteiger partial charge < -0.3 is 19.9 Å². The number of carbonyl (C=O) groups excluding carboxylic acids is 2. The molecule has 1 saturated heterocycles. The Hall–Kier alpha value is -2.74. The summed E-state index contributed by atoms with van der Waals surface area (Å²) in [6.45, 7) is 5.81. The second-order valence-electron chi connectivity index (χ2n) is 7.34. The molecule has 2 heterocycles. The molecule has 1 aromatic heterocycles. The molecule has 3 rings (SSSR count). The van der Waals surface area contributed by atoms with Crippen molar-refractivity contribution in [2.24, 2.45) is 5.92 Å². The van der Waals surface area contributed by atoms with Gasteiger partial charge in [-0.3, -0.25) is 14.4 Å². The van der Waals surface area contributed by atoms with Crippen LogP contribution in [-0.2, 0) is 9.53 Å². The van der Waals surface area contributed by atoms with Crippen molar-refractivity contribution in [2.45, 2.75) is 26.3 Å². The molecule has 2 amide bonds. The maximum atomic E-state index is 13.3. The van der Waals surface area contributed by atoms with E-state index < -0.39 is 23.3 Å². The molecule has 28 heavy (non-hydrogen) atoms. The van der Waals surface area contributed by atoms with E-state index in [0.717, 1.165) is 0 Å². The second-order valence-corrected chi connectivity index (χ2v) is 7.34. The number of hydrogen-bond acceptors (Lipinski definition) is 4. The highest BCUT2D eigenvalue weighted by Gasteiger charge is 2.28. The Balaban J connectivity index is 1.84. The summed E-state index contributed by atoms with van der Waals surface area (Å²) in [6, 6.07) is 4.62. The van der Waals surface area contributed by atoms with Crippen LogP contribution in [0.4, 0.5) is 4.39 Å². The fourth-order valence-electron chi connectivity index (χ4n) is 3.27. The van der Waals surface area contributed by atoms with Gasteiger partial charge >= 0.3 is 0 Å². The number of halogens is 1. The van der Waals surface area contributed by atoms with Crippen molar-refractivity contribution in [3.05, 3.63) is 46.0 Å². The first kappa shape index (κ1) is 20.0. The molecule has 0 radical (unpaired) electrons. The molecule has 7 nitrogen and oxygen atoms in total. The lowest BCUT2D eigenvalue weighted by molar-refractivity contribution is -0.137. The SMILES string of the molecule is CC(C)CC(NC(=O)c1cc2ccc(F)cc2[nH]c1=O)C(=O)N1CCOCC1. The molecule has 2 N–H and O–H groups in total. The molecule has 1 unspecified atom stereocenters. The molecular weight excluding hydrogens is 365 g/mol. The molecule has 2 aromatic rings. The van der Waals surface area contributed by atoms with Crippen LogP contribution >= 0.6 is 0 Å². The van der Waals surface area contributed by atoms with Gasteiger partial charge in [0.1, 0.15) is 17.4 Å². The number of nitrogens with one attached hydrogen (secondary N) is 2. The first-order chi connectivity index (χ1) is 13.3. The van der Waals surface area contributed by atoms with Gasteiger partial charge in [0.25, 0.3) is 11.5 Å². The highest BCUT2D eigenvalue weighted by Crippen LogP contribution is 2.14. The van der Waals surface area contributed by atoms with Crippen molar-refractivity contribution in [1.82, 2.24) is 15.2 Å². The number of fused-ring (bicyclic) bond motifs is 1. The fraction of sp³-hybridized carbons (Fsp3) is 0.450. The molecule has 1 atom stereocenters. The summed E-state index contributed by atoms with van der Waals surface area (Å²) >= 11 is 0. The van der Waals surface area contributed by atoms with Gasteiger partial charge in [-0.25, -0.2) is 4.39 Å². The van der Waals surface area contributed by atoms with E-state index in [1.54, 1.807) is 4.90 Å². The van der Waals surface area contributed by atoms with Crippen LogP contribution in [-0.4, -0.2) is 54.0 Å². The molecule has 1 fully saturated rings. The van der Waals surface area contributed by atoms with Crippen LogP contribution in [0.15, 0.2) is 29.1 Å². The van der Waals surface area contributed by atoms with E-state index in [2.05, 4.69) is 10.3 Å². The Labute approximate surface area is 161 Å². The number of benzene rings is 1. The van der Waals surface area contributed by atoms with Crippen LogP contribution < -0.4 is 10.9 Å². The molecule has 1 aromatic carbocycles. The topological polar surface area (TPSA) is 91.5 Å². The number of nitrogens with zero attached hydrogens (tertiary/aromatic N) is 1. The summed E-state index contributed by atoms with van der Waals surface area (Å²) in [5.74, 6) is -1.11. The summed E-state index contributed by atoms with van der Waals surface area (Å²) in [6.07, 6.45) is 0.457. The second kappa shape index (κ2) is 8.52. The van der Waals surface area contributed by atoms with E-state index in [1.165, 1.54) is 24.3 Å². The Bertz CT molecular complexity index is 935. The maximum Gasteiger partial charge on any atom is 0.261 e. The van der Waals surface area contributed by atoms with Crippen molar-refractivity contribution in [1.29, 1.82) is 0 Å². The summed E-state index contributed by atoms with van der Waals surface area (Å²) in [5.41, 5.74) is -0.426. The predicted molar refractivity (Wildman–Crippen MR) is 103 cm³/mol. The molecule has 8 heteroatoms.